The smallest absolute Gasteiger partial charge is 0.251 e. The van der Waals surface area contributed by atoms with Crippen LogP contribution in [0.2, 0.25) is 0 Å². The number of ether oxygens (including phenoxy) is 1. The number of carbonyl (C=O) groups excluding carboxylic acids is 1. The summed E-state index contributed by atoms with van der Waals surface area (Å²) >= 11 is 0. The van der Waals surface area contributed by atoms with E-state index < -0.39 is 0 Å². The number of unbranched alkanes of at least 4 members (excludes halogenated alkanes) is 1. The number of amides is 1. The lowest BCUT2D eigenvalue weighted by Crippen LogP contribution is -2.25. The zero-order valence-corrected chi connectivity index (χ0v) is 18.3. The SMILES string of the molecule is O=C(NCCCCOc1ccc(F)cc1)c1ccccc1-c1ccc(Cn2cccn2)cc1. The van der Waals surface area contributed by atoms with E-state index in [1.165, 1.54) is 12.1 Å². The van der Waals surface area contributed by atoms with E-state index in [9.17, 15) is 9.18 Å². The number of aromatic nitrogens is 2. The van der Waals surface area contributed by atoms with Crippen LogP contribution in [-0.4, -0.2) is 28.8 Å². The van der Waals surface area contributed by atoms with Gasteiger partial charge in [-0.2, -0.15) is 5.10 Å². The number of nitrogens with one attached hydrogen (secondary N) is 1. The number of carbonyl (C=O) groups is 1. The minimum atomic E-state index is -0.282. The summed E-state index contributed by atoms with van der Waals surface area (Å²) in [6.45, 7) is 1.78. The van der Waals surface area contributed by atoms with E-state index >= 15 is 0 Å². The Kier molecular flexibility index (Phi) is 7.48. The van der Waals surface area contributed by atoms with Crippen molar-refractivity contribution < 1.29 is 13.9 Å². The lowest BCUT2D eigenvalue weighted by molar-refractivity contribution is 0.0953. The van der Waals surface area contributed by atoms with Gasteiger partial charge in [0, 0.05) is 24.5 Å². The van der Waals surface area contributed by atoms with Crippen molar-refractivity contribution in [1.29, 1.82) is 0 Å². The van der Waals surface area contributed by atoms with E-state index in [2.05, 4.69) is 22.5 Å². The zero-order chi connectivity index (χ0) is 22.9. The first-order chi connectivity index (χ1) is 16.2. The highest BCUT2D eigenvalue weighted by atomic mass is 19.1. The molecule has 0 radical (unpaired) electrons. The highest BCUT2D eigenvalue weighted by Crippen LogP contribution is 2.24. The summed E-state index contributed by atoms with van der Waals surface area (Å²) in [5.74, 6) is 0.270. The van der Waals surface area contributed by atoms with E-state index in [1.54, 1.807) is 18.3 Å². The molecule has 0 spiro atoms. The molecule has 0 aliphatic rings. The minimum Gasteiger partial charge on any atom is -0.494 e. The third-order valence-electron chi connectivity index (χ3n) is 5.28. The van der Waals surface area contributed by atoms with Crippen molar-refractivity contribution in [3.05, 3.63) is 108 Å². The molecule has 0 aliphatic heterocycles. The first kappa shape index (κ1) is 22.3. The van der Waals surface area contributed by atoms with Crippen molar-refractivity contribution in [3.63, 3.8) is 0 Å². The van der Waals surface area contributed by atoms with Gasteiger partial charge < -0.3 is 10.1 Å². The zero-order valence-electron chi connectivity index (χ0n) is 18.3. The predicted octanol–water partition coefficient (Wildman–Crippen LogP) is 5.33. The fraction of sp³-hybridized carbons (Fsp3) is 0.185. The highest BCUT2D eigenvalue weighted by Gasteiger charge is 2.12. The molecule has 1 amide bonds. The molecular weight excluding hydrogens is 417 g/mol. The largest absolute Gasteiger partial charge is 0.494 e. The van der Waals surface area contributed by atoms with E-state index in [1.807, 2.05) is 53.3 Å². The lowest BCUT2D eigenvalue weighted by atomic mass is 9.98. The molecule has 4 aromatic rings. The molecule has 33 heavy (non-hydrogen) atoms. The van der Waals surface area contributed by atoms with Crippen LogP contribution in [0.3, 0.4) is 0 Å². The fourth-order valence-electron chi connectivity index (χ4n) is 3.55. The molecule has 0 saturated carbocycles. The van der Waals surface area contributed by atoms with E-state index in [-0.39, 0.29) is 11.7 Å². The molecule has 1 aromatic heterocycles. The lowest BCUT2D eigenvalue weighted by Gasteiger charge is -2.11. The first-order valence-corrected chi connectivity index (χ1v) is 11.0. The summed E-state index contributed by atoms with van der Waals surface area (Å²) in [7, 11) is 0. The fourth-order valence-corrected chi connectivity index (χ4v) is 3.55. The van der Waals surface area contributed by atoms with Crippen LogP contribution in [-0.2, 0) is 6.54 Å². The Hall–Kier alpha value is -3.93. The number of hydrogen-bond acceptors (Lipinski definition) is 3. The molecule has 6 heteroatoms. The van der Waals surface area contributed by atoms with Gasteiger partial charge in [0.05, 0.1) is 13.2 Å². The van der Waals surface area contributed by atoms with Gasteiger partial charge in [0.1, 0.15) is 11.6 Å². The second-order valence-corrected chi connectivity index (χ2v) is 7.71. The third-order valence-corrected chi connectivity index (χ3v) is 5.28. The molecule has 0 unspecified atom stereocenters. The third kappa shape index (κ3) is 6.29. The van der Waals surface area contributed by atoms with Crippen molar-refractivity contribution in [2.75, 3.05) is 13.2 Å². The Morgan fingerprint density at radius 3 is 2.48 bits per heavy atom. The molecule has 168 valence electrons. The Morgan fingerprint density at radius 1 is 0.939 bits per heavy atom. The number of rotatable bonds is 10. The summed E-state index contributed by atoms with van der Waals surface area (Å²) in [5.41, 5.74) is 3.70. The summed E-state index contributed by atoms with van der Waals surface area (Å²) < 4.78 is 20.4. The molecule has 3 aromatic carbocycles. The van der Waals surface area contributed by atoms with Crippen LogP contribution < -0.4 is 10.1 Å². The van der Waals surface area contributed by atoms with Gasteiger partial charge in [-0.05, 0) is 65.9 Å². The van der Waals surface area contributed by atoms with Crippen LogP contribution in [0.25, 0.3) is 11.1 Å². The maximum atomic E-state index is 12.9. The van der Waals surface area contributed by atoms with Crippen LogP contribution in [0.5, 0.6) is 5.75 Å². The summed E-state index contributed by atoms with van der Waals surface area (Å²) in [4.78, 5) is 12.8. The van der Waals surface area contributed by atoms with Gasteiger partial charge in [0.2, 0.25) is 0 Å². The molecule has 5 nitrogen and oxygen atoms in total. The summed E-state index contributed by atoms with van der Waals surface area (Å²) in [5, 5.41) is 7.24. The van der Waals surface area contributed by atoms with Crippen molar-refractivity contribution in [3.8, 4) is 16.9 Å². The Labute approximate surface area is 192 Å². The van der Waals surface area contributed by atoms with Crippen molar-refractivity contribution in [2.45, 2.75) is 19.4 Å². The Morgan fingerprint density at radius 2 is 1.73 bits per heavy atom. The average Bonchev–Trinajstić information content (AvgIpc) is 3.36. The van der Waals surface area contributed by atoms with Crippen molar-refractivity contribution in [1.82, 2.24) is 15.1 Å². The molecule has 0 bridgehead atoms. The van der Waals surface area contributed by atoms with Crippen molar-refractivity contribution >= 4 is 5.91 Å². The normalized spacial score (nSPS) is 10.7. The molecule has 4 rings (SSSR count). The highest BCUT2D eigenvalue weighted by molar-refractivity contribution is 6.00. The Balaban J connectivity index is 1.28. The predicted molar refractivity (Wildman–Crippen MR) is 127 cm³/mol. The number of halogens is 1. The van der Waals surface area contributed by atoms with Crippen LogP contribution in [0, 0.1) is 5.82 Å². The maximum absolute atomic E-state index is 12.9. The van der Waals surface area contributed by atoms with Crippen LogP contribution in [0.1, 0.15) is 28.8 Å². The summed E-state index contributed by atoms with van der Waals surface area (Å²) in [6.07, 6.45) is 5.28. The molecule has 1 heterocycles. The van der Waals surface area contributed by atoms with Gasteiger partial charge >= 0.3 is 0 Å². The maximum Gasteiger partial charge on any atom is 0.251 e. The molecule has 0 atom stereocenters. The van der Waals surface area contributed by atoms with Gasteiger partial charge in [-0.3, -0.25) is 9.48 Å². The summed E-state index contributed by atoms with van der Waals surface area (Å²) in [6, 6.07) is 23.7. The molecule has 0 fully saturated rings. The van der Waals surface area contributed by atoms with Gasteiger partial charge in [-0.15, -0.1) is 0 Å². The van der Waals surface area contributed by atoms with Crippen molar-refractivity contribution in [2.24, 2.45) is 0 Å². The second kappa shape index (κ2) is 11.1. The van der Waals surface area contributed by atoms with Crippen LogP contribution in [0.15, 0.2) is 91.3 Å². The second-order valence-electron chi connectivity index (χ2n) is 7.71. The quantitative estimate of drug-likeness (QED) is 0.337. The van der Waals surface area contributed by atoms with E-state index in [0.717, 1.165) is 29.5 Å². The van der Waals surface area contributed by atoms with Gasteiger partial charge in [-0.25, -0.2) is 4.39 Å². The topological polar surface area (TPSA) is 56.1 Å². The average molecular weight is 444 g/mol. The number of hydrogen-bond donors (Lipinski definition) is 1. The minimum absolute atomic E-state index is 0.0920. The molecular formula is C27H26FN3O2. The number of nitrogens with zero attached hydrogens (tertiary/aromatic N) is 2. The van der Waals surface area contributed by atoms with Crippen LogP contribution >= 0.6 is 0 Å². The van der Waals surface area contributed by atoms with Gasteiger partial charge in [0.25, 0.3) is 5.91 Å². The Bertz CT molecular complexity index is 1160. The van der Waals surface area contributed by atoms with Crippen LogP contribution in [0.4, 0.5) is 4.39 Å². The standard InChI is InChI=1S/C27H26FN3O2/c28-23-12-14-24(15-13-23)33-19-4-3-16-29-27(32)26-7-2-1-6-25(26)22-10-8-21(9-11-22)20-31-18-5-17-30-31/h1-2,5-15,17-18H,3-4,16,19-20H2,(H,29,32). The molecule has 0 saturated heterocycles. The molecule has 0 aliphatic carbocycles. The monoisotopic (exact) mass is 443 g/mol. The number of benzene rings is 3. The van der Waals surface area contributed by atoms with Gasteiger partial charge in [0.15, 0.2) is 0 Å². The van der Waals surface area contributed by atoms with E-state index in [0.29, 0.717) is 31.0 Å². The van der Waals surface area contributed by atoms with E-state index in [4.69, 9.17) is 4.74 Å². The first-order valence-electron chi connectivity index (χ1n) is 11.0. The molecule has 1 N–H and O–H groups in total. The van der Waals surface area contributed by atoms with Gasteiger partial charge in [-0.1, -0.05) is 42.5 Å².